The summed E-state index contributed by atoms with van der Waals surface area (Å²) in [5.74, 6) is -0.709. The number of halogens is 1. The van der Waals surface area contributed by atoms with Crippen LogP contribution in [0, 0.1) is 5.82 Å². The number of nitrogens with zero attached hydrogens (tertiary/aromatic N) is 1. The van der Waals surface area contributed by atoms with E-state index in [9.17, 15) is 9.18 Å². The summed E-state index contributed by atoms with van der Waals surface area (Å²) in [7, 11) is 0. The number of rotatable bonds is 5. The molecule has 0 radical (unpaired) electrons. The molecule has 0 amide bonds. The molecule has 1 N–H and O–H groups in total. The largest absolute Gasteiger partial charge is 0.461 e. The zero-order valence-electron chi connectivity index (χ0n) is 10.4. The van der Waals surface area contributed by atoms with Gasteiger partial charge in [-0.2, -0.15) is 0 Å². The first-order valence-electron chi connectivity index (χ1n) is 5.79. The number of thiazole rings is 1. The Labute approximate surface area is 114 Å². The monoisotopic (exact) mass is 280 g/mol. The number of esters is 1. The highest BCUT2D eigenvalue weighted by Gasteiger charge is 2.15. The minimum absolute atomic E-state index is 0.270. The van der Waals surface area contributed by atoms with Crippen molar-refractivity contribution in [1.82, 2.24) is 4.98 Å². The second kappa shape index (κ2) is 6.29. The highest BCUT2D eigenvalue weighted by Crippen LogP contribution is 2.21. The molecule has 0 aliphatic heterocycles. The molecule has 1 aromatic heterocycles. The average molecular weight is 280 g/mol. The standard InChI is InChI=1S/C13H13FN2O2S/c1-2-18-13(17)11-12(19-8-16-11)15-7-9-3-5-10(14)6-4-9/h3-6,8,15H,2,7H2,1H3. The molecule has 2 aromatic rings. The third kappa shape index (κ3) is 3.51. The van der Waals surface area contributed by atoms with E-state index in [4.69, 9.17) is 4.74 Å². The molecule has 0 fully saturated rings. The lowest BCUT2D eigenvalue weighted by Gasteiger charge is -2.06. The van der Waals surface area contributed by atoms with E-state index in [0.717, 1.165) is 5.56 Å². The normalized spacial score (nSPS) is 10.2. The smallest absolute Gasteiger partial charge is 0.360 e. The van der Waals surface area contributed by atoms with Gasteiger partial charge in [0.1, 0.15) is 10.8 Å². The van der Waals surface area contributed by atoms with E-state index in [1.807, 2.05) is 0 Å². The topological polar surface area (TPSA) is 51.2 Å². The van der Waals surface area contributed by atoms with Crippen LogP contribution in [0.2, 0.25) is 0 Å². The first-order valence-corrected chi connectivity index (χ1v) is 6.67. The van der Waals surface area contributed by atoms with Crippen LogP contribution in [0.3, 0.4) is 0 Å². The second-order valence-electron chi connectivity index (χ2n) is 3.73. The van der Waals surface area contributed by atoms with Crippen molar-refractivity contribution in [3.63, 3.8) is 0 Å². The van der Waals surface area contributed by atoms with Gasteiger partial charge in [0.05, 0.1) is 12.1 Å². The second-order valence-corrected chi connectivity index (χ2v) is 4.59. The van der Waals surface area contributed by atoms with Gasteiger partial charge in [0.2, 0.25) is 0 Å². The number of ether oxygens (including phenoxy) is 1. The van der Waals surface area contributed by atoms with E-state index < -0.39 is 5.97 Å². The number of hydrogen-bond donors (Lipinski definition) is 1. The van der Waals surface area contributed by atoms with Crippen LogP contribution in [-0.2, 0) is 11.3 Å². The average Bonchev–Trinajstić information content (AvgIpc) is 2.87. The number of carbonyl (C=O) groups excluding carboxylic acids is 1. The van der Waals surface area contributed by atoms with Crippen molar-refractivity contribution < 1.29 is 13.9 Å². The molecule has 100 valence electrons. The van der Waals surface area contributed by atoms with Crippen LogP contribution in [0.4, 0.5) is 9.39 Å². The Kier molecular flexibility index (Phi) is 4.46. The number of hydrogen-bond acceptors (Lipinski definition) is 5. The molecule has 0 atom stereocenters. The summed E-state index contributed by atoms with van der Waals surface area (Å²) in [5.41, 5.74) is 2.79. The number of aromatic nitrogens is 1. The van der Waals surface area contributed by atoms with Gasteiger partial charge in [-0.25, -0.2) is 14.2 Å². The van der Waals surface area contributed by atoms with E-state index in [-0.39, 0.29) is 11.5 Å². The van der Waals surface area contributed by atoms with Gasteiger partial charge < -0.3 is 10.1 Å². The first-order chi connectivity index (χ1) is 9.20. The Morgan fingerprint density at radius 1 is 1.42 bits per heavy atom. The van der Waals surface area contributed by atoms with E-state index in [0.29, 0.717) is 18.2 Å². The van der Waals surface area contributed by atoms with Crippen molar-refractivity contribution in [1.29, 1.82) is 0 Å². The van der Waals surface area contributed by atoms with E-state index in [1.165, 1.54) is 23.5 Å². The molecule has 0 aliphatic carbocycles. The lowest BCUT2D eigenvalue weighted by atomic mass is 10.2. The molecular formula is C13H13FN2O2S. The fourth-order valence-corrected chi connectivity index (χ4v) is 2.17. The SMILES string of the molecule is CCOC(=O)c1ncsc1NCc1ccc(F)cc1. The lowest BCUT2D eigenvalue weighted by Crippen LogP contribution is -2.09. The molecule has 2 rings (SSSR count). The van der Waals surface area contributed by atoms with Gasteiger partial charge in [0, 0.05) is 6.54 Å². The summed E-state index contributed by atoms with van der Waals surface area (Å²) in [6.45, 7) is 2.55. The minimum atomic E-state index is -0.439. The molecule has 0 spiro atoms. The van der Waals surface area contributed by atoms with E-state index in [2.05, 4.69) is 10.3 Å². The molecule has 19 heavy (non-hydrogen) atoms. The van der Waals surface area contributed by atoms with E-state index >= 15 is 0 Å². The molecule has 0 aliphatic rings. The van der Waals surface area contributed by atoms with Crippen molar-refractivity contribution >= 4 is 22.3 Å². The lowest BCUT2D eigenvalue weighted by molar-refractivity contribution is 0.0521. The summed E-state index contributed by atoms with van der Waals surface area (Å²) in [4.78, 5) is 15.6. The van der Waals surface area contributed by atoms with Crippen molar-refractivity contribution in [2.24, 2.45) is 0 Å². The fourth-order valence-electron chi connectivity index (χ4n) is 1.50. The maximum Gasteiger partial charge on any atom is 0.360 e. The molecule has 0 unspecified atom stereocenters. The fraction of sp³-hybridized carbons (Fsp3) is 0.231. The Morgan fingerprint density at radius 2 is 2.16 bits per heavy atom. The Balaban J connectivity index is 2.02. The van der Waals surface area contributed by atoms with Gasteiger partial charge in [-0.3, -0.25) is 0 Å². The van der Waals surface area contributed by atoms with Gasteiger partial charge in [-0.05, 0) is 24.6 Å². The highest BCUT2D eigenvalue weighted by atomic mass is 32.1. The molecular weight excluding hydrogens is 267 g/mol. The zero-order valence-corrected chi connectivity index (χ0v) is 11.2. The number of nitrogens with one attached hydrogen (secondary N) is 1. The summed E-state index contributed by atoms with van der Waals surface area (Å²) >= 11 is 1.33. The van der Waals surface area contributed by atoms with Gasteiger partial charge in [0.15, 0.2) is 5.69 Å². The predicted molar refractivity (Wildman–Crippen MR) is 71.8 cm³/mol. The molecule has 0 bridgehead atoms. The molecule has 0 saturated carbocycles. The van der Waals surface area contributed by atoms with E-state index in [1.54, 1.807) is 24.6 Å². The highest BCUT2D eigenvalue weighted by molar-refractivity contribution is 7.14. The van der Waals surface area contributed by atoms with Crippen LogP contribution < -0.4 is 5.32 Å². The van der Waals surface area contributed by atoms with Crippen LogP contribution in [-0.4, -0.2) is 17.6 Å². The van der Waals surface area contributed by atoms with Crippen LogP contribution in [0.1, 0.15) is 23.0 Å². The first kappa shape index (κ1) is 13.5. The van der Waals surface area contributed by atoms with Crippen molar-refractivity contribution in [2.75, 3.05) is 11.9 Å². The molecule has 0 saturated heterocycles. The predicted octanol–water partition coefficient (Wildman–Crippen LogP) is 3.07. The summed E-state index contributed by atoms with van der Waals surface area (Å²) in [6.07, 6.45) is 0. The molecule has 4 nitrogen and oxygen atoms in total. The minimum Gasteiger partial charge on any atom is -0.461 e. The number of benzene rings is 1. The molecule has 1 aromatic carbocycles. The Bertz CT molecular complexity index is 554. The summed E-state index contributed by atoms with van der Waals surface area (Å²) < 4.78 is 17.7. The van der Waals surface area contributed by atoms with Crippen LogP contribution in [0.5, 0.6) is 0 Å². The Hall–Kier alpha value is -1.95. The van der Waals surface area contributed by atoms with Gasteiger partial charge in [0.25, 0.3) is 0 Å². The quantitative estimate of drug-likeness (QED) is 0.855. The van der Waals surface area contributed by atoms with Gasteiger partial charge in [-0.15, -0.1) is 11.3 Å². The third-order valence-corrected chi connectivity index (χ3v) is 3.19. The number of anilines is 1. The molecule has 1 heterocycles. The zero-order chi connectivity index (χ0) is 13.7. The maximum atomic E-state index is 12.8. The van der Waals surface area contributed by atoms with Crippen molar-refractivity contribution in [3.05, 3.63) is 46.9 Å². The van der Waals surface area contributed by atoms with Crippen molar-refractivity contribution in [2.45, 2.75) is 13.5 Å². The third-order valence-electron chi connectivity index (χ3n) is 2.40. The summed E-state index contributed by atoms with van der Waals surface area (Å²) in [5, 5.41) is 3.76. The number of carbonyl (C=O) groups is 1. The Morgan fingerprint density at radius 3 is 2.84 bits per heavy atom. The molecule has 6 heteroatoms. The van der Waals surface area contributed by atoms with Crippen LogP contribution in [0.25, 0.3) is 0 Å². The van der Waals surface area contributed by atoms with Gasteiger partial charge >= 0.3 is 5.97 Å². The maximum absolute atomic E-state index is 12.8. The van der Waals surface area contributed by atoms with Crippen LogP contribution in [0.15, 0.2) is 29.8 Å². The van der Waals surface area contributed by atoms with Crippen LogP contribution >= 0.6 is 11.3 Å². The van der Waals surface area contributed by atoms with Crippen molar-refractivity contribution in [3.8, 4) is 0 Å². The van der Waals surface area contributed by atoms with Gasteiger partial charge in [-0.1, -0.05) is 12.1 Å². The summed E-state index contributed by atoms with van der Waals surface area (Å²) in [6, 6.07) is 6.17.